The molecule has 1 heterocycles. The molecule has 2 N–H and O–H groups in total. The van der Waals surface area contributed by atoms with Crippen LogP contribution in [0.2, 0.25) is 0 Å². The lowest BCUT2D eigenvalue weighted by molar-refractivity contribution is -0.115. The van der Waals surface area contributed by atoms with Crippen LogP contribution >= 0.6 is 0 Å². The number of carbonyl (C=O) groups excluding carboxylic acids is 1. The van der Waals surface area contributed by atoms with Crippen molar-refractivity contribution in [2.45, 2.75) is 12.0 Å². The van der Waals surface area contributed by atoms with Crippen molar-refractivity contribution in [2.24, 2.45) is 5.73 Å². The normalized spacial score (nSPS) is 25.4. The summed E-state index contributed by atoms with van der Waals surface area (Å²) >= 11 is 0. The molecule has 0 bridgehead atoms. The van der Waals surface area contributed by atoms with Crippen molar-refractivity contribution >= 4 is 5.91 Å². The second-order valence-corrected chi connectivity index (χ2v) is 3.97. The van der Waals surface area contributed by atoms with Crippen molar-refractivity contribution in [3.05, 3.63) is 53.6 Å². The molecule has 2 aliphatic rings. The minimum absolute atomic E-state index is 0.115. The number of nitrogens with two attached hydrogens (primary N) is 1. The van der Waals surface area contributed by atoms with Gasteiger partial charge in [0.05, 0.1) is 5.57 Å². The first-order chi connectivity index (χ1) is 7.77. The van der Waals surface area contributed by atoms with Gasteiger partial charge in [-0.1, -0.05) is 36.4 Å². The molecule has 3 heteroatoms. The summed E-state index contributed by atoms with van der Waals surface area (Å²) in [6.45, 7) is 0. The van der Waals surface area contributed by atoms with Crippen molar-refractivity contribution in [3.63, 3.8) is 0 Å². The van der Waals surface area contributed by atoms with Crippen LogP contribution in [-0.2, 0) is 4.79 Å². The number of fused-ring (bicyclic) bond motifs is 3. The maximum absolute atomic E-state index is 11.3. The smallest absolute Gasteiger partial charge is 0.248 e. The Morgan fingerprint density at radius 1 is 1.31 bits per heavy atom. The third kappa shape index (κ3) is 1.18. The van der Waals surface area contributed by atoms with E-state index >= 15 is 0 Å². The quantitative estimate of drug-likeness (QED) is 0.768. The first kappa shape index (κ1) is 9.21. The molecule has 0 fully saturated rings. The molecule has 0 aromatic heterocycles. The standard InChI is InChI=1S/C13H11NO2/c14-13(15)10-6-3-5-9-8-4-1-2-7-11(8)16-12(9)10/h1-7,9,12H,(H2,14,15). The highest BCUT2D eigenvalue weighted by Gasteiger charge is 2.37. The average Bonchev–Trinajstić information content (AvgIpc) is 2.67. The monoisotopic (exact) mass is 213 g/mol. The van der Waals surface area contributed by atoms with Gasteiger partial charge in [-0.15, -0.1) is 0 Å². The van der Waals surface area contributed by atoms with Gasteiger partial charge >= 0.3 is 0 Å². The lowest BCUT2D eigenvalue weighted by Gasteiger charge is -2.20. The lowest BCUT2D eigenvalue weighted by Crippen LogP contribution is -2.30. The summed E-state index contributed by atoms with van der Waals surface area (Å²) in [5.41, 5.74) is 7.00. The van der Waals surface area contributed by atoms with Crippen LogP contribution in [-0.4, -0.2) is 12.0 Å². The Labute approximate surface area is 93.2 Å². The Bertz CT molecular complexity index is 516. The van der Waals surface area contributed by atoms with Crippen molar-refractivity contribution in [3.8, 4) is 5.75 Å². The summed E-state index contributed by atoms with van der Waals surface area (Å²) in [4.78, 5) is 11.3. The number of amides is 1. The van der Waals surface area contributed by atoms with Crippen molar-refractivity contribution in [1.82, 2.24) is 0 Å². The molecule has 0 saturated carbocycles. The molecule has 1 aromatic rings. The Balaban J connectivity index is 2.06. The maximum atomic E-state index is 11.3. The molecule has 80 valence electrons. The van der Waals surface area contributed by atoms with Gasteiger partial charge < -0.3 is 10.5 Å². The van der Waals surface area contributed by atoms with Crippen LogP contribution in [0.4, 0.5) is 0 Å². The first-order valence-corrected chi connectivity index (χ1v) is 5.21. The molecule has 0 radical (unpaired) electrons. The zero-order chi connectivity index (χ0) is 11.1. The molecular formula is C13H11NO2. The van der Waals surface area contributed by atoms with Gasteiger partial charge in [0.2, 0.25) is 5.91 Å². The van der Waals surface area contributed by atoms with Gasteiger partial charge in [-0.3, -0.25) is 4.79 Å². The van der Waals surface area contributed by atoms with Crippen LogP contribution in [0.3, 0.4) is 0 Å². The van der Waals surface area contributed by atoms with Crippen LogP contribution in [0.5, 0.6) is 5.75 Å². The number of primary amides is 1. The van der Waals surface area contributed by atoms with E-state index in [0.717, 1.165) is 11.3 Å². The predicted octanol–water partition coefficient (Wildman–Crippen LogP) is 1.51. The van der Waals surface area contributed by atoms with Gasteiger partial charge in [0.15, 0.2) is 0 Å². The average molecular weight is 213 g/mol. The van der Waals surface area contributed by atoms with E-state index in [1.807, 2.05) is 36.4 Å². The van der Waals surface area contributed by atoms with Gasteiger partial charge in [0.1, 0.15) is 11.9 Å². The number of benzene rings is 1. The fourth-order valence-electron chi connectivity index (χ4n) is 2.29. The molecule has 3 nitrogen and oxygen atoms in total. The Morgan fingerprint density at radius 3 is 2.94 bits per heavy atom. The third-order valence-electron chi connectivity index (χ3n) is 3.04. The molecule has 1 aliphatic heterocycles. The molecule has 16 heavy (non-hydrogen) atoms. The molecule has 2 unspecified atom stereocenters. The first-order valence-electron chi connectivity index (χ1n) is 5.21. The fourth-order valence-corrected chi connectivity index (χ4v) is 2.29. The van der Waals surface area contributed by atoms with Crippen LogP contribution in [0.1, 0.15) is 11.5 Å². The minimum atomic E-state index is -0.410. The third-order valence-corrected chi connectivity index (χ3v) is 3.04. The number of hydrogen-bond donors (Lipinski definition) is 1. The van der Waals surface area contributed by atoms with Crippen molar-refractivity contribution < 1.29 is 9.53 Å². The Morgan fingerprint density at radius 2 is 2.12 bits per heavy atom. The molecule has 1 amide bonds. The van der Waals surface area contributed by atoms with Gasteiger partial charge in [-0.2, -0.15) is 0 Å². The summed E-state index contributed by atoms with van der Waals surface area (Å²) in [7, 11) is 0. The van der Waals surface area contributed by atoms with E-state index in [4.69, 9.17) is 10.5 Å². The largest absolute Gasteiger partial charge is 0.484 e. The lowest BCUT2D eigenvalue weighted by atomic mass is 9.87. The second-order valence-electron chi connectivity index (χ2n) is 3.97. The van der Waals surface area contributed by atoms with E-state index in [0.29, 0.717) is 5.57 Å². The van der Waals surface area contributed by atoms with E-state index in [9.17, 15) is 4.79 Å². The van der Waals surface area contributed by atoms with E-state index in [1.54, 1.807) is 6.08 Å². The van der Waals surface area contributed by atoms with Gasteiger partial charge in [-0.25, -0.2) is 0 Å². The van der Waals surface area contributed by atoms with Gasteiger partial charge in [0.25, 0.3) is 0 Å². The zero-order valence-electron chi connectivity index (χ0n) is 8.59. The number of allylic oxidation sites excluding steroid dienone is 2. The molecule has 0 spiro atoms. The maximum Gasteiger partial charge on any atom is 0.248 e. The van der Waals surface area contributed by atoms with E-state index in [2.05, 4.69) is 0 Å². The van der Waals surface area contributed by atoms with Crippen molar-refractivity contribution in [1.29, 1.82) is 0 Å². The zero-order valence-corrected chi connectivity index (χ0v) is 8.59. The van der Waals surface area contributed by atoms with Gasteiger partial charge in [-0.05, 0) is 6.07 Å². The highest BCUT2D eigenvalue weighted by Crippen LogP contribution is 2.42. The number of ether oxygens (including phenoxy) is 1. The highest BCUT2D eigenvalue weighted by molar-refractivity contribution is 5.94. The predicted molar refractivity (Wildman–Crippen MR) is 60.0 cm³/mol. The topological polar surface area (TPSA) is 52.3 Å². The SMILES string of the molecule is NC(=O)C1=CC=CC2c3ccccc3OC12. The molecule has 1 aliphatic carbocycles. The number of para-hydroxylation sites is 1. The number of carbonyl (C=O) groups is 1. The molecule has 2 atom stereocenters. The summed E-state index contributed by atoms with van der Waals surface area (Å²) in [5, 5.41) is 0. The van der Waals surface area contributed by atoms with Crippen LogP contribution < -0.4 is 10.5 Å². The molecule has 3 rings (SSSR count). The van der Waals surface area contributed by atoms with Gasteiger partial charge in [0, 0.05) is 11.5 Å². The van der Waals surface area contributed by atoms with Crippen LogP contribution in [0.15, 0.2) is 48.1 Å². The second kappa shape index (κ2) is 3.23. The minimum Gasteiger partial charge on any atom is -0.484 e. The van der Waals surface area contributed by atoms with E-state index < -0.39 is 5.91 Å². The molecule has 0 saturated heterocycles. The molecule has 1 aromatic carbocycles. The summed E-state index contributed by atoms with van der Waals surface area (Å²) < 4.78 is 5.76. The van der Waals surface area contributed by atoms with Crippen molar-refractivity contribution in [2.75, 3.05) is 0 Å². The van der Waals surface area contributed by atoms with Crippen LogP contribution in [0, 0.1) is 0 Å². The summed E-state index contributed by atoms with van der Waals surface area (Å²) in [6.07, 6.45) is 5.39. The highest BCUT2D eigenvalue weighted by atomic mass is 16.5. The van der Waals surface area contributed by atoms with E-state index in [1.165, 1.54) is 0 Å². The Hall–Kier alpha value is -2.03. The summed E-state index contributed by atoms with van der Waals surface area (Å²) in [6, 6.07) is 7.84. The molecular weight excluding hydrogens is 202 g/mol. The summed E-state index contributed by atoms with van der Waals surface area (Å²) in [5.74, 6) is 0.548. The fraction of sp³-hybridized carbons (Fsp3) is 0.154. The van der Waals surface area contributed by atoms with Crippen LogP contribution in [0.25, 0.3) is 0 Å². The van der Waals surface area contributed by atoms with E-state index in [-0.39, 0.29) is 12.0 Å². The number of rotatable bonds is 1. The Kier molecular flexibility index (Phi) is 1.86. The number of hydrogen-bond acceptors (Lipinski definition) is 2.